The number of halogens is 2. The first-order valence-corrected chi connectivity index (χ1v) is 10.3. The average Bonchev–Trinajstić information content (AvgIpc) is 3.01. The third-order valence-corrected chi connectivity index (χ3v) is 7.53. The van der Waals surface area contributed by atoms with Crippen LogP contribution < -0.4 is 5.32 Å². The molecule has 3 rings (SSSR count). The van der Waals surface area contributed by atoms with Crippen LogP contribution in [-0.4, -0.2) is 31.7 Å². The first kappa shape index (κ1) is 18.9. The number of thiophene rings is 1. The third kappa shape index (κ3) is 4.11. The van der Waals surface area contributed by atoms with E-state index >= 15 is 0 Å². The molecule has 0 bridgehead atoms. The summed E-state index contributed by atoms with van der Waals surface area (Å²) < 4.78 is 53.5. The highest BCUT2D eigenvalue weighted by molar-refractivity contribution is 7.91. The lowest BCUT2D eigenvalue weighted by Crippen LogP contribution is -2.43. The van der Waals surface area contributed by atoms with Crippen LogP contribution in [-0.2, 0) is 14.8 Å². The molecule has 1 amide bonds. The molecule has 26 heavy (non-hydrogen) atoms. The number of sulfonamides is 1. The van der Waals surface area contributed by atoms with E-state index in [2.05, 4.69) is 5.32 Å². The van der Waals surface area contributed by atoms with Crippen molar-refractivity contribution in [2.24, 2.45) is 5.92 Å². The molecule has 2 heterocycles. The van der Waals surface area contributed by atoms with Crippen LogP contribution in [0.15, 0.2) is 34.5 Å². The number of anilines is 1. The Labute approximate surface area is 154 Å². The van der Waals surface area contributed by atoms with Gasteiger partial charge in [0, 0.05) is 29.7 Å². The van der Waals surface area contributed by atoms with Crippen LogP contribution in [0.2, 0.25) is 0 Å². The Kier molecular flexibility index (Phi) is 5.40. The lowest BCUT2D eigenvalue weighted by molar-refractivity contribution is -0.120. The largest absolute Gasteiger partial charge is 0.326 e. The number of piperidine rings is 1. The Hall–Kier alpha value is -1.84. The molecule has 1 unspecified atom stereocenters. The van der Waals surface area contributed by atoms with Gasteiger partial charge >= 0.3 is 0 Å². The fraction of sp³-hybridized carbons (Fsp3) is 0.353. The Morgan fingerprint density at radius 1 is 1.23 bits per heavy atom. The summed E-state index contributed by atoms with van der Waals surface area (Å²) in [6.45, 7) is 2.22. The van der Waals surface area contributed by atoms with E-state index in [-0.39, 0.29) is 16.4 Å². The van der Waals surface area contributed by atoms with Gasteiger partial charge in [0.15, 0.2) is 0 Å². The van der Waals surface area contributed by atoms with Crippen molar-refractivity contribution in [1.82, 2.24) is 4.31 Å². The van der Waals surface area contributed by atoms with Crippen molar-refractivity contribution in [3.63, 3.8) is 0 Å². The van der Waals surface area contributed by atoms with Crippen LogP contribution in [0.1, 0.15) is 17.7 Å². The van der Waals surface area contributed by atoms with Crippen molar-refractivity contribution < 1.29 is 22.0 Å². The maximum absolute atomic E-state index is 13.3. The zero-order valence-electron chi connectivity index (χ0n) is 14.0. The molecule has 140 valence electrons. The highest BCUT2D eigenvalue weighted by Crippen LogP contribution is 2.28. The van der Waals surface area contributed by atoms with Crippen molar-refractivity contribution in [3.8, 4) is 0 Å². The predicted molar refractivity (Wildman–Crippen MR) is 95.5 cm³/mol. The number of carbonyl (C=O) groups excluding carboxylic acids is 1. The molecule has 1 atom stereocenters. The van der Waals surface area contributed by atoms with E-state index in [1.807, 2.05) is 6.92 Å². The molecule has 0 aliphatic carbocycles. The number of rotatable bonds is 4. The zero-order chi connectivity index (χ0) is 18.9. The summed E-state index contributed by atoms with van der Waals surface area (Å²) in [6, 6.07) is 6.06. The minimum atomic E-state index is -3.64. The van der Waals surface area contributed by atoms with Gasteiger partial charge < -0.3 is 5.32 Å². The number of hydrogen-bond donors (Lipinski definition) is 1. The third-order valence-electron chi connectivity index (χ3n) is 4.19. The van der Waals surface area contributed by atoms with E-state index in [1.54, 1.807) is 12.1 Å². The van der Waals surface area contributed by atoms with Crippen molar-refractivity contribution >= 4 is 33.0 Å². The minimum absolute atomic E-state index is 0.0152. The number of hydrogen-bond acceptors (Lipinski definition) is 4. The molecule has 1 saturated heterocycles. The van der Waals surface area contributed by atoms with Gasteiger partial charge in [0.2, 0.25) is 5.91 Å². The summed E-state index contributed by atoms with van der Waals surface area (Å²) in [5, 5.41) is 2.47. The normalized spacial score (nSPS) is 18.7. The van der Waals surface area contributed by atoms with Crippen LogP contribution >= 0.6 is 11.3 Å². The molecule has 1 aliphatic rings. The summed E-state index contributed by atoms with van der Waals surface area (Å²) in [7, 11) is -3.64. The molecule has 1 aromatic heterocycles. The number of benzene rings is 1. The Morgan fingerprint density at radius 3 is 2.54 bits per heavy atom. The maximum atomic E-state index is 13.3. The summed E-state index contributed by atoms with van der Waals surface area (Å²) in [5.74, 6) is -2.61. The van der Waals surface area contributed by atoms with Crippen LogP contribution in [0.4, 0.5) is 14.5 Å². The highest BCUT2D eigenvalue weighted by Gasteiger charge is 2.34. The molecular formula is C17H18F2N2O3S2. The zero-order valence-corrected chi connectivity index (χ0v) is 15.7. The Bertz CT molecular complexity index is 908. The standard InChI is InChI=1S/C17H18F2N2O3S2/c1-11-4-5-16(25-11)26(23,24)21-6-2-3-12(10-21)17(22)20-15-8-13(18)7-14(19)9-15/h4-5,7-9,12H,2-3,6,10H2,1H3,(H,20,22). The monoisotopic (exact) mass is 400 g/mol. The lowest BCUT2D eigenvalue weighted by atomic mass is 9.98. The van der Waals surface area contributed by atoms with Crippen LogP contribution in [0.25, 0.3) is 0 Å². The number of nitrogens with one attached hydrogen (secondary N) is 1. The van der Waals surface area contributed by atoms with E-state index in [9.17, 15) is 22.0 Å². The van der Waals surface area contributed by atoms with Crippen LogP contribution in [0, 0.1) is 24.5 Å². The average molecular weight is 400 g/mol. The van der Waals surface area contributed by atoms with Crippen molar-refractivity contribution in [3.05, 3.63) is 46.8 Å². The predicted octanol–water partition coefficient (Wildman–Crippen LogP) is 3.37. The lowest BCUT2D eigenvalue weighted by Gasteiger charge is -2.30. The second-order valence-electron chi connectivity index (χ2n) is 6.21. The van der Waals surface area contributed by atoms with Gasteiger partial charge in [-0.3, -0.25) is 4.79 Å². The van der Waals surface area contributed by atoms with Crippen molar-refractivity contribution in [1.29, 1.82) is 0 Å². The second-order valence-corrected chi connectivity index (χ2v) is 9.67. The molecule has 1 N–H and O–H groups in total. The van der Waals surface area contributed by atoms with E-state index in [4.69, 9.17) is 0 Å². The van der Waals surface area contributed by atoms with Gasteiger partial charge in [0.25, 0.3) is 10.0 Å². The van der Waals surface area contributed by atoms with Gasteiger partial charge in [-0.1, -0.05) is 0 Å². The number of nitrogens with zero attached hydrogens (tertiary/aromatic N) is 1. The van der Waals surface area contributed by atoms with E-state index in [0.717, 1.165) is 17.0 Å². The number of amides is 1. The van der Waals surface area contributed by atoms with Gasteiger partial charge in [0.1, 0.15) is 15.8 Å². The Morgan fingerprint density at radius 2 is 1.92 bits per heavy atom. The molecular weight excluding hydrogens is 382 g/mol. The van der Waals surface area contributed by atoms with Crippen molar-refractivity contribution in [2.75, 3.05) is 18.4 Å². The SMILES string of the molecule is Cc1ccc(S(=O)(=O)N2CCCC(C(=O)Nc3cc(F)cc(F)c3)C2)s1. The molecule has 5 nitrogen and oxygen atoms in total. The summed E-state index contributed by atoms with van der Waals surface area (Å²) in [5.41, 5.74) is 0.0152. The van der Waals surface area contributed by atoms with Gasteiger partial charge in [-0.25, -0.2) is 17.2 Å². The summed E-state index contributed by atoms with van der Waals surface area (Å²) >= 11 is 1.19. The smallest absolute Gasteiger partial charge is 0.252 e. The summed E-state index contributed by atoms with van der Waals surface area (Å²) in [6.07, 6.45) is 1.05. The molecule has 1 aromatic carbocycles. The van der Waals surface area contributed by atoms with Gasteiger partial charge in [-0.2, -0.15) is 4.31 Å². The molecule has 2 aromatic rings. The molecule has 0 saturated carbocycles. The highest BCUT2D eigenvalue weighted by atomic mass is 32.2. The van der Waals surface area contributed by atoms with E-state index < -0.39 is 33.5 Å². The molecule has 0 spiro atoms. The molecule has 0 radical (unpaired) electrons. The van der Waals surface area contributed by atoms with Gasteiger partial charge in [-0.05, 0) is 44.0 Å². The first-order chi connectivity index (χ1) is 12.3. The molecule has 1 aliphatic heterocycles. The summed E-state index contributed by atoms with van der Waals surface area (Å²) in [4.78, 5) is 13.3. The van der Waals surface area contributed by atoms with Crippen molar-refractivity contribution in [2.45, 2.75) is 24.0 Å². The van der Waals surface area contributed by atoms with Gasteiger partial charge in [-0.15, -0.1) is 11.3 Å². The fourth-order valence-electron chi connectivity index (χ4n) is 2.92. The quantitative estimate of drug-likeness (QED) is 0.856. The topological polar surface area (TPSA) is 66.5 Å². The van der Waals surface area contributed by atoms with E-state index in [1.165, 1.54) is 15.6 Å². The van der Waals surface area contributed by atoms with Crippen LogP contribution in [0.3, 0.4) is 0 Å². The maximum Gasteiger partial charge on any atom is 0.252 e. The molecule has 1 fully saturated rings. The number of aryl methyl sites for hydroxylation is 1. The molecule has 9 heteroatoms. The fourth-order valence-corrected chi connectivity index (χ4v) is 5.88. The van der Waals surface area contributed by atoms with Crippen LogP contribution in [0.5, 0.6) is 0 Å². The van der Waals surface area contributed by atoms with E-state index in [0.29, 0.717) is 25.5 Å². The first-order valence-electron chi connectivity index (χ1n) is 8.09. The number of carbonyl (C=O) groups is 1. The second kappa shape index (κ2) is 7.42. The van der Waals surface area contributed by atoms with Gasteiger partial charge in [0.05, 0.1) is 5.92 Å². The minimum Gasteiger partial charge on any atom is -0.326 e. The Balaban J connectivity index is 1.72.